The lowest BCUT2D eigenvalue weighted by molar-refractivity contribution is 0.148. The van der Waals surface area contributed by atoms with E-state index in [9.17, 15) is 4.79 Å². The minimum atomic E-state index is -0.0710. The number of carbonyl (C=O) groups is 1. The second-order valence-electron chi connectivity index (χ2n) is 7.18. The molecular formula is C21H25N7O. The van der Waals surface area contributed by atoms with Crippen molar-refractivity contribution in [3.8, 4) is 5.69 Å². The zero-order valence-corrected chi connectivity index (χ0v) is 16.5. The number of aryl methyl sites for hydroxylation is 1. The summed E-state index contributed by atoms with van der Waals surface area (Å²) in [6.07, 6.45) is 1.04. The van der Waals surface area contributed by atoms with Gasteiger partial charge in [-0.15, -0.1) is 5.10 Å². The van der Waals surface area contributed by atoms with E-state index >= 15 is 0 Å². The van der Waals surface area contributed by atoms with Crippen LogP contribution in [0.1, 0.15) is 11.4 Å². The second-order valence-corrected chi connectivity index (χ2v) is 7.18. The number of nitrogens with zero attached hydrogens (tertiary/aromatic N) is 6. The molecule has 1 aliphatic heterocycles. The number of rotatable bonds is 5. The van der Waals surface area contributed by atoms with Crippen LogP contribution in [-0.2, 0) is 6.42 Å². The first-order chi connectivity index (χ1) is 14.2. The Morgan fingerprint density at radius 2 is 1.83 bits per heavy atom. The number of piperazine rings is 1. The standard InChI is InChI=1S/C21H25N7O/c1-17-23-24-25-28(17)20-9-5-8-19(16-20)22-21(29)27-14-12-26(13-15-27)11-10-18-6-3-2-4-7-18/h2-9,16H,10-15H2,1H3,(H,22,29). The molecule has 1 saturated heterocycles. The van der Waals surface area contributed by atoms with Crippen molar-refractivity contribution in [2.24, 2.45) is 0 Å². The summed E-state index contributed by atoms with van der Waals surface area (Å²) in [6.45, 7) is 6.10. The number of nitrogens with one attached hydrogen (secondary N) is 1. The summed E-state index contributed by atoms with van der Waals surface area (Å²) in [4.78, 5) is 17.0. The van der Waals surface area contributed by atoms with E-state index < -0.39 is 0 Å². The molecule has 0 radical (unpaired) electrons. The van der Waals surface area contributed by atoms with Gasteiger partial charge in [0.1, 0.15) is 0 Å². The van der Waals surface area contributed by atoms with E-state index in [1.807, 2.05) is 42.2 Å². The zero-order chi connectivity index (χ0) is 20.1. The van der Waals surface area contributed by atoms with Gasteiger partial charge in [-0.1, -0.05) is 36.4 Å². The van der Waals surface area contributed by atoms with E-state index in [1.54, 1.807) is 4.68 Å². The fourth-order valence-corrected chi connectivity index (χ4v) is 3.49. The number of hydrogen-bond donors (Lipinski definition) is 1. The first kappa shape index (κ1) is 19.1. The number of aromatic nitrogens is 4. The second kappa shape index (κ2) is 8.83. The molecule has 4 rings (SSSR count). The van der Waals surface area contributed by atoms with Crippen LogP contribution in [0.3, 0.4) is 0 Å². The lowest BCUT2D eigenvalue weighted by Crippen LogP contribution is -2.50. The van der Waals surface area contributed by atoms with Crippen LogP contribution in [0.25, 0.3) is 5.69 Å². The van der Waals surface area contributed by atoms with Crippen LogP contribution in [-0.4, -0.2) is 68.8 Å². The Bertz CT molecular complexity index is 948. The molecule has 1 aromatic heterocycles. The third-order valence-electron chi connectivity index (χ3n) is 5.19. The summed E-state index contributed by atoms with van der Waals surface area (Å²) in [5, 5.41) is 14.5. The predicted molar refractivity (Wildman–Crippen MR) is 111 cm³/mol. The molecule has 2 heterocycles. The highest BCUT2D eigenvalue weighted by atomic mass is 16.2. The lowest BCUT2D eigenvalue weighted by Gasteiger charge is -2.34. The largest absolute Gasteiger partial charge is 0.322 e. The maximum absolute atomic E-state index is 12.7. The Balaban J connectivity index is 1.28. The number of carbonyl (C=O) groups excluding carboxylic acids is 1. The van der Waals surface area contributed by atoms with Gasteiger partial charge in [0.2, 0.25) is 0 Å². The highest BCUT2D eigenvalue weighted by Gasteiger charge is 2.21. The molecule has 0 saturated carbocycles. The van der Waals surface area contributed by atoms with E-state index in [0.717, 1.165) is 50.5 Å². The average Bonchev–Trinajstić information content (AvgIpc) is 3.19. The number of hydrogen-bond acceptors (Lipinski definition) is 5. The normalized spacial score (nSPS) is 14.7. The van der Waals surface area contributed by atoms with Crippen molar-refractivity contribution < 1.29 is 4.79 Å². The van der Waals surface area contributed by atoms with Gasteiger partial charge in [-0.3, -0.25) is 4.90 Å². The highest BCUT2D eigenvalue weighted by Crippen LogP contribution is 2.16. The number of urea groups is 1. The minimum Gasteiger partial charge on any atom is -0.322 e. The van der Waals surface area contributed by atoms with Crippen molar-refractivity contribution in [2.75, 3.05) is 38.0 Å². The van der Waals surface area contributed by atoms with Gasteiger partial charge in [0, 0.05) is 38.4 Å². The van der Waals surface area contributed by atoms with Crippen LogP contribution in [0, 0.1) is 6.92 Å². The summed E-state index contributed by atoms with van der Waals surface area (Å²) < 4.78 is 1.64. The van der Waals surface area contributed by atoms with Crippen molar-refractivity contribution in [1.29, 1.82) is 0 Å². The maximum Gasteiger partial charge on any atom is 0.321 e. The molecule has 3 aromatic rings. The summed E-state index contributed by atoms with van der Waals surface area (Å²) in [7, 11) is 0. The SMILES string of the molecule is Cc1nnnn1-c1cccc(NC(=O)N2CCN(CCc3ccccc3)CC2)c1. The molecule has 8 heteroatoms. The van der Waals surface area contributed by atoms with Gasteiger partial charge in [0.15, 0.2) is 5.82 Å². The van der Waals surface area contributed by atoms with Crippen LogP contribution in [0.4, 0.5) is 10.5 Å². The summed E-state index contributed by atoms with van der Waals surface area (Å²) >= 11 is 0. The van der Waals surface area contributed by atoms with Gasteiger partial charge >= 0.3 is 6.03 Å². The molecule has 1 aliphatic rings. The smallest absolute Gasteiger partial charge is 0.321 e. The van der Waals surface area contributed by atoms with Crippen LogP contribution in [0.15, 0.2) is 54.6 Å². The molecule has 0 unspecified atom stereocenters. The fraction of sp³-hybridized carbons (Fsp3) is 0.333. The molecule has 1 N–H and O–H groups in total. The van der Waals surface area contributed by atoms with Gasteiger partial charge in [-0.2, -0.15) is 4.68 Å². The fourth-order valence-electron chi connectivity index (χ4n) is 3.49. The predicted octanol–water partition coefficient (Wildman–Crippen LogP) is 2.36. The first-order valence-electron chi connectivity index (χ1n) is 9.87. The monoisotopic (exact) mass is 391 g/mol. The summed E-state index contributed by atoms with van der Waals surface area (Å²) in [6, 6.07) is 18.0. The van der Waals surface area contributed by atoms with Crippen molar-refractivity contribution in [1.82, 2.24) is 30.0 Å². The van der Waals surface area contributed by atoms with E-state index in [1.165, 1.54) is 5.56 Å². The number of amides is 2. The van der Waals surface area contributed by atoms with Crippen molar-refractivity contribution in [3.63, 3.8) is 0 Å². The molecule has 1 fully saturated rings. The van der Waals surface area contributed by atoms with Gasteiger partial charge in [-0.05, 0) is 47.5 Å². The van der Waals surface area contributed by atoms with E-state index in [0.29, 0.717) is 5.82 Å². The summed E-state index contributed by atoms with van der Waals surface area (Å²) in [5.74, 6) is 0.695. The van der Waals surface area contributed by atoms with Gasteiger partial charge in [0.25, 0.3) is 0 Å². The number of tetrazole rings is 1. The minimum absolute atomic E-state index is 0.0710. The van der Waals surface area contributed by atoms with Crippen LogP contribution < -0.4 is 5.32 Å². The van der Waals surface area contributed by atoms with E-state index in [4.69, 9.17) is 0 Å². The quantitative estimate of drug-likeness (QED) is 0.722. The highest BCUT2D eigenvalue weighted by molar-refractivity contribution is 5.89. The Kier molecular flexibility index (Phi) is 5.81. The average molecular weight is 391 g/mol. The number of anilines is 1. The molecule has 29 heavy (non-hydrogen) atoms. The molecule has 2 aromatic carbocycles. The maximum atomic E-state index is 12.7. The Labute approximate surface area is 170 Å². The van der Waals surface area contributed by atoms with Gasteiger partial charge in [0.05, 0.1) is 5.69 Å². The van der Waals surface area contributed by atoms with Crippen molar-refractivity contribution in [2.45, 2.75) is 13.3 Å². The number of benzene rings is 2. The van der Waals surface area contributed by atoms with Crippen LogP contribution in [0.5, 0.6) is 0 Å². The molecule has 0 spiro atoms. The third-order valence-corrected chi connectivity index (χ3v) is 5.19. The molecular weight excluding hydrogens is 366 g/mol. The Hall–Kier alpha value is -3.26. The Morgan fingerprint density at radius 1 is 1.03 bits per heavy atom. The van der Waals surface area contributed by atoms with Crippen molar-refractivity contribution >= 4 is 11.7 Å². The zero-order valence-electron chi connectivity index (χ0n) is 16.5. The first-order valence-corrected chi connectivity index (χ1v) is 9.87. The third kappa shape index (κ3) is 4.78. The van der Waals surface area contributed by atoms with E-state index in [2.05, 4.69) is 50.0 Å². The van der Waals surface area contributed by atoms with Crippen LogP contribution >= 0.6 is 0 Å². The molecule has 0 bridgehead atoms. The molecule has 0 atom stereocenters. The van der Waals surface area contributed by atoms with Crippen molar-refractivity contribution in [3.05, 3.63) is 66.0 Å². The van der Waals surface area contributed by atoms with E-state index in [-0.39, 0.29) is 6.03 Å². The van der Waals surface area contributed by atoms with Gasteiger partial charge in [-0.25, -0.2) is 4.79 Å². The molecule has 8 nitrogen and oxygen atoms in total. The van der Waals surface area contributed by atoms with Gasteiger partial charge < -0.3 is 10.2 Å². The molecule has 2 amide bonds. The lowest BCUT2D eigenvalue weighted by atomic mass is 10.1. The molecule has 150 valence electrons. The molecule has 0 aliphatic carbocycles. The van der Waals surface area contributed by atoms with Crippen LogP contribution in [0.2, 0.25) is 0 Å². The summed E-state index contributed by atoms with van der Waals surface area (Å²) in [5.41, 5.74) is 2.90. The topological polar surface area (TPSA) is 79.2 Å². The Morgan fingerprint density at radius 3 is 2.55 bits per heavy atom.